The summed E-state index contributed by atoms with van der Waals surface area (Å²) in [6.45, 7) is 4.88. The molecule has 5 heteroatoms. The van der Waals surface area contributed by atoms with Crippen LogP contribution in [0.15, 0.2) is 97.1 Å². The molecule has 45 heavy (non-hydrogen) atoms. The van der Waals surface area contributed by atoms with Gasteiger partial charge in [0, 0.05) is 16.5 Å². The van der Waals surface area contributed by atoms with Gasteiger partial charge in [0.1, 0.15) is 5.69 Å². The standard InChI is InChI=1S/C40H35N5/c1-25-18-28-19-26(2)22-40(21-25,23-28)32-14-11-30(12-15-32)37-43-38(34-8-5-7-31-20-27(24-41)10-16-33(31)34)45-39(44-37)36-17-13-29-6-3-4-9-35(29)42-36/h3-17,20,25-26,28H,18-19,21-23H2,1-2H3/t25-,26+,28-,40?. The third-order valence-corrected chi connectivity index (χ3v) is 10.1. The Morgan fingerprint density at radius 1 is 0.667 bits per heavy atom. The van der Waals surface area contributed by atoms with Crippen molar-refractivity contribution < 1.29 is 0 Å². The van der Waals surface area contributed by atoms with E-state index in [2.05, 4.69) is 56.3 Å². The molecule has 8 rings (SSSR count). The molecule has 0 radical (unpaired) electrons. The van der Waals surface area contributed by atoms with E-state index in [4.69, 9.17) is 19.9 Å². The molecule has 0 N–H and O–H groups in total. The number of hydrogen-bond acceptors (Lipinski definition) is 5. The van der Waals surface area contributed by atoms with Gasteiger partial charge in [0.25, 0.3) is 0 Å². The number of fused-ring (bicyclic) bond motifs is 4. The number of rotatable bonds is 4. The molecule has 6 aromatic rings. The second-order valence-corrected chi connectivity index (χ2v) is 13.6. The molecule has 0 aliphatic heterocycles. The van der Waals surface area contributed by atoms with E-state index in [9.17, 15) is 5.26 Å². The summed E-state index contributed by atoms with van der Waals surface area (Å²) in [5, 5.41) is 12.5. The van der Waals surface area contributed by atoms with Crippen molar-refractivity contribution in [1.29, 1.82) is 5.26 Å². The first kappa shape index (κ1) is 27.6. The van der Waals surface area contributed by atoms with Crippen molar-refractivity contribution in [3.05, 3.63) is 108 Å². The fourth-order valence-electron chi connectivity index (χ4n) is 8.51. The lowest BCUT2D eigenvalue weighted by Crippen LogP contribution is -2.42. The Balaban J connectivity index is 1.26. The summed E-state index contributed by atoms with van der Waals surface area (Å²) in [5.74, 6) is 4.14. The monoisotopic (exact) mass is 585 g/mol. The van der Waals surface area contributed by atoms with Gasteiger partial charge in [-0.1, -0.05) is 86.6 Å². The summed E-state index contributed by atoms with van der Waals surface area (Å²) < 4.78 is 0. The Kier molecular flexibility index (Phi) is 6.68. The Hall–Kier alpha value is -4.95. The van der Waals surface area contributed by atoms with Crippen LogP contribution >= 0.6 is 0 Å². The number of para-hydroxylation sites is 1. The summed E-state index contributed by atoms with van der Waals surface area (Å²) in [4.78, 5) is 20.0. The second kappa shape index (κ2) is 10.9. The average molecular weight is 586 g/mol. The van der Waals surface area contributed by atoms with Crippen molar-refractivity contribution in [1.82, 2.24) is 19.9 Å². The maximum Gasteiger partial charge on any atom is 0.182 e. The van der Waals surface area contributed by atoms with Crippen molar-refractivity contribution in [2.75, 3.05) is 0 Å². The van der Waals surface area contributed by atoms with Gasteiger partial charge < -0.3 is 0 Å². The molecule has 0 amide bonds. The van der Waals surface area contributed by atoms with Crippen molar-refractivity contribution in [3.8, 4) is 40.4 Å². The summed E-state index contributed by atoms with van der Waals surface area (Å²) in [5.41, 5.74) is 5.84. The SMILES string of the molecule is C[C@@H]1C[C@@H]2C[C@H](C)CC(c3ccc(-c4nc(-c5ccc6ccccc6n5)nc(-c5cccc6cc(C#N)ccc56)n4)cc3)(C1)C2. The number of nitrogens with zero attached hydrogens (tertiary/aromatic N) is 5. The van der Waals surface area contributed by atoms with Gasteiger partial charge >= 0.3 is 0 Å². The van der Waals surface area contributed by atoms with Crippen molar-refractivity contribution in [2.45, 2.75) is 51.4 Å². The highest BCUT2D eigenvalue weighted by atomic mass is 15.0. The molecule has 0 saturated heterocycles. The van der Waals surface area contributed by atoms with E-state index in [0.717, 1.165) is 50.6 Å². The zero-order valence-electron chi connectivity index (χ0n) is 25.7. The highest BCUT2D eigenvalue weighted by molar-refractivity contribution is 5.96. The van der Waals surface area contributed by atoms with Gasteiger partial charge in [0.2, 0.25) is 0 Å². The van der Waals surface area contributed by atoms with E-state index in [1.54, 1.807) is 0 Å². The zero-order chi connectivity index (χ0) is 30.5. The van der Waals surface area contributed by atoms with Gasteiger partial charge in [-0.2, -0.15) is 5.26 Å². The van der Waals surface area contributed by atoms with E-state index >= 15 is 0 Å². The molecule has 4 aromatic carbocycles. The van der Waals surface area contributed by atoms with Crippen LogP contribution in [-0.4, -0.2) is 19.9 Å². The van der Waals surface area contributed by atoms with Crippen LogP contribution in [0.2, 0.25) is 0 Å². The number of benzene rings is 4. The molecule has 2 aliphatic carbocycles. The lowest BCUT2D eigenvalue weighted by molar-refractivity contribution is 0.0780. The molecule has 2 heterocycles. The summed E-state index contributed by atoms with van der Waals surface area (Å²) in [6.07, 6.45) is 6.60. The molecule has 2 saturated carbocycles. The first-order valence-electron chi connectivity index (χ1n) is 16.1. The lowest BCUT2D eigenvalue weighted by atomic mass is 9.54. The highest BCUT2D eigenvalue weighted by Crippen LogP contribution is 2.54. The van der Waals surface area contributed by atoms with Crippen LogP contribution in [0.5, 0.6) is 0 Å². The molecule has 0 spiro atoms. The minimum Gasteiger partial charge on any atom is -0.244 e. The van der Waals surface area contributed by atoms with Crippen molar-refractivity contribution in [2.24, 2.45) is 17.8 Å². The molecule has 1 unspecified atom stereocenters. The van der Waals surface area contributed by atoms with Crippen molar-refractivity contribution >= 4 is 21.7 Å². The molecule has 4 atom stereocenters. The quantitative estimate of drug-likeness (QED) is 0.206. The van der Waals surface area contributed by atoms with E-state index in [0.29, 0.717) is 28.7 Å². The Bertz CT molecular complexity index is 2090. The highest BCUT2D eigenvalue weighted by Gasteiger charge is 2.45. The third kappa shape index (κ3) is 5.05. The van der Waals surface area contributed by atoms with E-state index < -0.39 is 0 Å². The molecule has 5 nitrogen and oxygen atoms in total. The average Bonchev–Trinajstić information content (AvgIpc) is 3.06. The van der Waals surface area contributed by atoms with Crippen LogP contribution in [0.1, 0.15) is 57.1 Å². The largest absolute Gasteiger partial charge is 0.244 e. The Morgan fingerprint density at radius 3 is 2.20 bits per heavy atom. The third-order valence-electron chi connectivity index (χ3n) is 10.1. The lowest BCUT2D eigenvalue weighted by Gasteiger charge is -2.50. The smallest absolute Gasteiger partial charge is 0.182 e. The first-order valence-corrected chi connectivity index (χ1v) is 16.1. The summed E-state index contributed by atoms with van der Waals surface area (Å²) in [6, 6.07) is 35.3. The van der Waals surface area contributed by atoms with Gasteiger partial charge in [-0.15, -0.1) is 0 Å². The summed E-state index contributed by atoms with van der Waals surface area (Å²) in [7, 11) is 0. The van der Waals surface area contributed by atoms with Crippen LogP contribution in [0.3, 0.4) is 0 Å². The molecular weight excluding hydrogens is 550 g/mol. The van der Waals surface area contributed by atoms with Crippen LogP contribution in [0.4, 0.5) is 0 Å². The first-order chi connectivity index (χ1) is 22.0. The Morgan fingerprint density at radius 2 is 1.40 bits per heavy atom. The van der Waals surface area contributed by atoms with Crippen LogP contribution in [0, 0.1) is 29.1 Å². The molecular formula is C40H35N5. The summed E-state index contributed by atoms with van der Waals surface area (Å²) >= 11 is 0. The van der Waals surface area contributed by atoms with Gasteiger partial charge in [-0.25, -0.2) is 19.9 Å². The number of nitriles is 1. The molecule has 2 aromatic heterocycles. The van der Waals surface area contributed by atoms with E-state index in [1.807, 2.05) is 60.7 Å². The molecule has 2 fully saturated rings. The normalized spacial score (nSPS) is 22.7. The van der Waals surface area contributed by atoms with Crippen LogP contribution < -0.4 is 0 Å². The van der Waals surface area contributed by atoms with E-state index in [-0.39, 0.29) is 5.41 Å². The number of pyridine rings is 1. The number of hydrogen-bond donors (Lipinski definition) is 0. The Labute approximate surface area is 264 Å². The minimum absolute atomic E-state index is 0.272. The van der Waals surface area contributed by atoms with Crippen LogP contribution in [-0.2, 0) is 5.41 Å². The minimum atomic E-state index is 0.272. The maximum absolute atomic E-state index is 9.47. The molecule has 2 aliphatic rings. The topological polar surface area (TPSA) is 75.3 Å². The van der Waals surface area contributed by atoms with Gasteiger partial charge in [0.05, 0.1) is 17.1 Å². The zero-order valence-corrected chi connectivity index (χ0v) is 25.7. The fraction of sp³-hybridized carbons (Fsp3) is 0.275. The predicted molar refractivity (Wildman–Crippen MR) is 180 cm³/mol. The maximum atomic E-state index is 9.47. The number of aromatic nitrogens is 4. The second-order valence-electron chi connectivity index (χ2n) is 13.6. The molecule has 2 bridgehead atoms. The predicted octanol–water partition coefficient (Wildman–Crippen LogP) is 9.55. The van der Waals surface area contributed by atoms with Gasteiger partial charge in [0.15, 0.2) is 17.5 Å². The van der Waals surface area contributed by atoms with Crippen molar-refractivity contribution in [3.63, 3.8) is 0 Å². The van der Waals surface area contributed by atoms with E-state index in [1.165, 1.54) is 37.7 Å². The van der Waals surface area contributed by atoms with Gasteiger partial charge in [-0.3, -0.25) is 0 Å². The fourth-order valence-corrected chi connectivity index (χ4v) is 8.51. The van der Waals surface area contributed by atoms with Gasteiger partial charge in [-0.05, 0) is 95.9 Å². The van der Waals surface area contributed by atoms with Crippen LogP contribution in [0.25, 0.3) is 56.0 Å². The molecule has 220 valence electrons.